The van der Waals surface area contributed by atoms with Gasteiger partial charge in [0.15, 0.2) is 0 Å². The summed E-state index contributed by atoms with van der Waals surface area (Å²) in [7, 11) is -4.37. The van der Waals surface area contributed by atoms with Crippen LogP contribution in [-0.2, 0) is 28.9 Å². The van der Waals surface area contributed by atoms with Crippen LogP contribution in [0.1, 0.15) is 36.8 Å². The lowest BCUT2D eigenvalue weighted by atomic mass is 10.2. The van der Waals surface area contributed by atoms with Crippen LogP contribution in [0.5, 0.6) is 0 Å². The topological polar surface area (TPSA) is 64.0 Å². The van der Waals surface area contributed by atoms with Crippen molar-refractivity contribution in [1.29, 1.82) is 0 Å². The fourth-order valence-corrected chi connectivity index (χ4v) is 4.42. The number of rotatable bonds is 5. The van der Waals surface area contributed by atoms with Crippen LogP contribution in [0.4, 0.5) is 26.3 Å². The molecule has 1 N–H and O–H groups in total. The molecule has 0 bridgehead atoms. The quantitative estimate of drug-likeness (QED) is 0.531. The Morgan fingerprint density at radius 2 is 1.61 bits per heavy atom. The second-order valence-corrected chi connectivity index (χ2v) is 8.50. The average Bonchev–Trinajstić information content (AvgIpc) is 3.04. The second kappa shape index (κ2) is 7.83. The largest absolute Gasteiger partial charge is 0.416 e. The van der Waals surface area contributed by atoms with Crippen LogP contribution < -0.4 is 4.72 Å². The van der Waals surface area contributed by atoms with Gasteiger partial charge in [-0.1, -0.05) is 6.07 Å². The number of benzene rings is 2. The van der Waals surface area contributed by atoms with Gasteiger partial charge >= 0.3 is 12.4 Å². The van der Waals surface area contributed by atoms with Crippen molar-refractivity contribution < 1.29 is 34.8 Å². The van der Waals surface area contributed by atoms with Gasteiger partial charge in [-0.15, -0.1) is 0 Å². The zero-order chi connectivity index (χ0) is 23.2. The van der Waals surface area contributed by atoms with Crippen molar-refractivity contribution in [3.63, 3.8) is 0 Å². The predicted octanol–water partition coefficient (Wildman–Crippen LogP) is 5.13. The van der Waals surface area contributed by atoms with E-state index in [1.807, 2.05) is 0 Å². The maximum atomic E-state index is 13.0. The van der Waals surface area contributed by atoms with Gasteiger partial charge in [0.2, 0.25) is 10.0 Å². The minimum atomic E-state index is -4.72. The summed E-state index contributed by atoms with van der Waals surface area (Å²) in [5.74, 6) is 0.132. The molecule has 31 heavy (non-hydrogen) atoms. The third kappa shape index (κ3) is 4.69. The number of nitrogens with zero attached hydrogens (tertiary/aromatic N) is 2. The molecule has 1 heterocycles. The molecular formula is C19H17F6N3O2S. The average molecular weight is 465 g/mol. The molecule has 3 rings (SSSR count). The molecule has 5 nitrogen and oxygen atoms in total. The fourth-order valence-electron chi connectivity index (χ4n) is 3.17. The molecule has 0 aliphatic heterocycles. The molecule has 0 spiro atoms. The van der Waals surface area contributed by atoms with Crippen LogP contribution >= 0.6 is 0 Å². The van der Waals surface area contributed by atoms with Gasteiger partial charge in [-0.05, 0) is 50.2 Å². The highest BCUT2D eigenvalue weighted by molar-refractivity contribution is 7.89. The number of hydrogen-bond acceptors (Lipinski definition) is 3. The Kier molecular flexibility index (Phi) is 5.82. The molecule has 3 aromatic rings. The van der Waals surface area contributed by atoms with Crippen molar-refractivity contribution >= 4 is 21.1 Å². The lowest BCUT2D eigenvalue weighted by Gasteiger charge is -2.16. The summed E-state index contributed by atoms with van der Waals surface area (Å²) in [6.45, 7) is 3.25. The smallest absolute Gasteiger partial charge is 0.327 e. The molecule has 0 amide bonds. The molecule has 0 saturated carbocycles. The van der Waals surface area contributed by atoms with Crippen LogP contribution in [0, 0.1) is 0 Å². The van der Waals surface area contributed by atoms with Crippen LogP contribution in [-0.4, -0.2) is 18.0 Å². The van der Waals surface area contributed by atoms with Gasteiger partial charge in [0.05, 0.1) is 33.1 Å². The van der Waals surface area contributed by atoms with Gasteiger partial charge in [-0.2, -0.15) is 26.3 Å². The Morgan fingerprint density at radius 3 is 2.19 bits per heavy atom. The van der Waals surface area contributed by atoms with Crippen LogP contribution in [0.2, 0.25) is 0 Å². The first-order valence-electron chi connectivity index (χ1n) is 9.01. The number of aromatic nitrogens is 2. The molecule has 0 saturated heterocycles. The molecule has 1 aromatic heterocycles. The van der Waals surface area contributed by atoms with E-state index in [-0.39, 0.29) is 23.4 Å². The molecule has 12 heteroatoms. The highest BCUT2D eigenvalue weighted by Crippen LogP contribution is 2.33. The molecule has 0 aliphatic carbocycles. The SMILES string of the molecule is CCn1c([C@@H](C)NS(=O)(=O)c2cccc(C(F)(F)F)c2)nc2ccc(C(F)(F)F)cc21. The number of imidazole rings is 1. The van der Waals surface area contributed by atoms with Crippen molar-refractivity contribution in [2.24, 2.45) is 0 Å². The first kappa shape index (κ1) is 23.1. The highest BCUT2D eigenvalue weighted by atomic mass is 32.2. The number of nitrogens with one attached hydrogen (secondary N) is 1. The van der Waals surface area contributed by atoms with Gasteiger partial charge in [-0.25, -0.2) is 18.1 Å². The van der Waals surface area contributed by atoms with E-state index in [4.69, 9.17) is 0 Å². The highest BCUT2D eigenvalue weighted by Gasteiger charge is 2.33. The molecule has 0 fully saturated rings. The maximum Gasteiger partial charge on any atom is 0.416 e. The van der Waals surface area contributed by atoms with Crippen molar-refractivity contribution in [2.45, 2.75) is 43.7 Å². The molecule has 0 unspecified atom stereocenters. The summed E-state index contributed by atoms with van der Waals surface area (Å²) in [6.07, 6.45) is -9.28. The van der Waals surface area contributed by atoms with E-state index < -0.39 is 44.4 Å². The van der Waals surface area contributed by atoms with Crippen molar-refractivity contribution in [3.8, 4) is 0 Å². The molecule has 0 aliphatic rings. The zero-order valence-electron chi connectivity index (χ0n) is 16.2. The first-order chi connectivity index (χ1) is 14.2. The molecule has 2 aromatic carbocycles. The number of halogens is 6. The first-order valence-corrected chi connectivity index (χ1v) is 10.5. The van der Waals surface area contributed by atoms with Crippen molar-refractivity contribution in [2.75, 3.05) is 0 Å². The number of hydrogen-bond donors (Lipinski definition) is 1. The zero-order valence-corrected chi connectivity index (χ0v) is 17.0. The van der Waals surface area contributed by atoms with Gasteiger partial charge in [0.25, 0.3) is 0 Å². The number of sulfonamides is 1. The summed E-state index contributed by atoms with van der Waals surface area (Å²) >= 11 is 0. The molecule has 0 radical (unpaired) electrons. The Bertz CT molecular complexity index is 1220. The third-order valence-electron chi connectivity index (χ3n) is 4.61. The Balaban J connectivity index is 1.98. The minimum absolute atomic E-state index is 0.132. The molecule has 1 atom stereocenters. The van der Waals surface area contributed by atoms with Gasteiger partial charge < -0.3 is 4.57 Å². The standard InChI is InChI=1S/C19H17F6N3O2S/c1-3-28-16-10-13(19(23,24)25)7-8-15(16)26-17(28)11(2)27-31(29,30)14-6-4-5-12(9-14)18(20,21)22/h4-11,27H,3H2,1-2H3/t11-/m1/s1. The fraction of sp³-hybridized carbons (Fsp3) is 0.316. The van der Waals surface area contributed by atoms with Gasteiger partial charge in [0.1, 0.15) is 5.82 Å². The summed E-state index contributed by atoms with van der Waals surface area (Å²) in [5.41, 5.74) is -1.60. The summed E-state index contributed by atoms with van der Waals surface area (Å²) in [5, 5.41) is 0. The van der Waals surface area contributed by atoms with Crippen molar-refractivity contribution in [1.82, 2.24) is 14.3 Å². The van der Waals surface area contributed by atoms with Crippen molar-refractivity contribution in [3.05, 3.63) is 59.4 Å². The monoisotopic (exact) mass is 465 g/mol. The van der Waals surface area contributed by atoms with E-state index in [0.29, 0.717) is 6.07 Å². The van der Waals surface area contributed by atoms with E-state index >= 15 is 0 Å². The third-order valence-corrected chi connectivity index (χ3v) is 6.15. The van der Waals surface area contributed by atoms with E-state index in [1.165, 1.54) is 17.6 Å². The normalized spacial score (nSPS) is 14.2. The summed E-state index contributed by atoms with van der Waals surface area (Å²) in [4.78, 5) is 3.64. The van der Waals surface area contributed by atoms with Gasteiger partial charge in [-0.3, -0.25) is 0 Å². The van der Waals surface area contributed by atoms with E-state index in [2.05, 4.69) is 9.71 Å². The Labute approximate surface area is 173 Å². The predicted molar refractivity (Wildman–Crippen MR) is 101 cm³/mol. The number of fused-ring (bicyclic) bond motifs is 1. The second-order valence-electron chi connectivity index (χ2n) is 6.78. The number of alkyl halides is 6. The number of aryl methyl sites for hydroxylation is 1. The Morgan fingerprint density at radius 1 is 1.00 bits per heavy atom. The van der Waals surface area contributed by atoms with E-state index in [9.17, 15) is 34.8 Å². The van der Waals surface area contributed by atoms with E-state index in [0.717, 1.165) is 30.3 Å². The maximum absolute atomic E-state index is 13.0. The van der Waals surface area contributed by atoms with Crippen LogP contribution in [0.15, 0.2) is 47.4 Å². The molecule has 168 valence electrons. The Hall–Kier alpha value is -2.60. The minimum Gasteiger partial charge on any atom is -0.327 e. The lowest BCUT2D eigenvalue weighted by molar-refractivity contribution is -0.138. The van der Waals surface area contributed by atoms with Crippen LogP contribution in [0.3, 0.4) is 0 Å². The molecular weight excluding hydrogens is 448 g/mol. The lowest BCUT2D eigenvalue weighted by Crippen LogP contribution is -2.29. The summed E-state index contributed by atoms with van der Waals surface area (Å²) in [6, 6.07) is 5.19. The summed E-state index contributed by atoms with van der Waals surface area (Å²) < 4.78 is 107. The van der Waals surface area contributed by atoms with Gasteiger partial charge in [0, 0.05) is 6.54 Å². The van der Waals surface area contributed by atoms with E-state index in [1.54, 1.807) is 6.92 Å². The van der Waals surface area contributed by atoms with Crippen LogP contribution in [0.25, 0.3) is 11.0 Å².